The predicted octanol–water partition coefficient (Wildman–Crippen LogP) is 4.88. The van der Waals surface area contributed by atoms with Gasteiger partial charge in [-0.1, -0.05) is 54.0 Å². The highest BCUT2D eigenvalue weighted by Gasteiger charge is 2.41. The first-order chi connectivity index (χ1) is 9.64. The highest BCUT2D eigenvalue weighted by atomic mass is 28.3. The molecule has 0 bridgehead atoms. The van der Waals surface area contributed by atoms with Crippen LogP contribution in [0.15, 0.2) is 24.3 Å². The zero-order valence-corrected chi connectivity index (χ0v) is 15.6. The van der Waals surface area contributed by atoms with Gasteiger partial charge >= 0.3 is 5.97 Å². The zero-order valence-electron chi connectivity index (χ0n) is 14.6. The van der Waals surface area contributed by atoms with E-state index in [-0.39, 0.29) is 12.6 Å². The number of rotatable bonds is 6. The first-order valence-corrected chi connectivity index (χ1v) is 9.89. The van der Waals surface area contributed by atoms with Crippen molar-refractivity contribution < 1.29 is 9.53 Å². The van der Waals surface area contributed by atoms with E-state index in [0.717, 1.165) is 5.57 Å². The Bertz CT molecular complexity index is 426. The van der Waals surface area contributed by atoms with Crippen LogP contribution in [0.25, 0.3) is 0 Å². The Morgan fingerprint density at radius 1 is 1.14 bits per heavy atom. The van der Waals surface area contributed by atoms with Gasteiger partial charge in [-0.25, -0.2) is 0 Å². The van der Waals surface area contributed by atoms with Crippen molar-refractivity contribution in [1.29, 1.82) is 0 Å². The minimum absolute atomic E-state index is 0.275. The van der Waals surface area contributed by atoms with Crippen LogP contribution < -0.4 is 0 Å². The Hall–Kier alpha value is -1.27. The molecule has 0 aromatic rings. The molecule has 3 heteroatoms. The second kappa shape index (κ2) is 8.89. The molecule has 0 aliphatic heterocycles. The fourth-order valence-electron chi connectivity index (χ4n) is 3.02. The lowest BCUT2D eigenvalue weighted by Crippen LogP contribution is -2.43. The highest BCUT2D eigenvalue weighted by Crippen LogP contribution is 2.40. The van der Waals surface area contributed by atoms with Crippen molar-refractivity contribution in [2.45, 2.75) is 65.1 Å². The molecule has 0 fully saturated rings. The van der Waals surface area contributed by atoms with Crippen molar-refractivity contribution in [3.8, 4) is 11.5 Å². The lowest BCUT2D eigenvalue weighted by atomic mass is 10.3. The molecule has 0 radical (unpaired) electrons. The lowest BCUT2D eigenvalue weighted by Gasteiger charge is -2.38. The Labute approximate surface area is 131 Å². The summed E-state index contributed by atoms with van der Waals surface area (Å²) < 4.78 is 4.85. The number of esters is 1. The minimum atomic E-state index is -1.70. The van der Waals surface area contributed by atoms with Gasteiger partial charge in [-0.2, -0.15) is 0 Å². The van der Waals surface area contributed by atoms with Gasteiger partial charge in [0.25, 0.3) is 0 Å². The van der Waals surface area contributed by atoms with Gasteiger partial charge in [-0.05, 0) is 28.8 Å². The zero-order chi connectivity index (χ0) is 16.6. The number of carbonyl (C=O) groups excluding carboxylic acids is 1. The third-order valence-electron chi connectivity index (χ3n) is 4.01. The lowest BCUT2D eigenvalue weighted by molar-refractivity contribution is -0.139. The van der Waals surface area contributed by atoms with E-state index in [1.54, 1.807) is 6.08 Å². The van der Waals surface area contributed by atoms with Gasteiger partial charge in [0.05, 0.1) is 0 Å². The molecule has 21 heavy (non-hydrogen) atoms. The summed E-state index contributed by atoms with van der Waals surface area (Å²) in [6, 6.07) is 0. The van der Waals surface area contributed by atoms with Crippen molar-refractivity contribution in [3.63, 3.8) is 0 Å². The number of allylic oxidation sites excluding steroid dienone is 2. The Morgan fingerprint density at radius 3 is 2.00 bits per heavy atom. The van der Waals surface area contributed by atoms with Crippen LogP contribution in [0, 0.1) is 11.5 Å². The fraction of sp³-hybridized carbons (Fsp3) is 0.611. The van der Waals surface area contributed by atoms with E-state index in [1.165, 1.54) is 6.92 Å². The Balaban J connectivity index is 5.05. The van der Waals surface area contributed by atoms with Crippen LogP contribution in [0.2, 0.25) is 16.6 Å². The number of hydrogen-bond donors (Lipinski definition) is 0. The summed E-state index contributed by atoms with van der Waals surface area (Å²) >= 11 is 0. The molecule has 0 rings (SSSR count). The molecule has 2 nitrogen and oxygen atoms in total. The fourth-order valence-corrected chi connectivity index (χ4v) is 8.26. The summed E-state index contributed by atoms with van der Waals surface area (Å²) in [5.74, 6) is 2.97. The van der Waals surface area contributed by atoms with Crippen LogP contribution >= 0.6 is 0 Å². The summed E-state index contributed by atoms with van der Waals surface area (Å²) in [7, 11) is -1.70. The summed E-state index contributed by atoms with van der Waals surface area (Å²) in [5, 5.41) is 0. The third-order valence-corrected chi connectivity index (χ3v) is 10.3. The first-order valence-electron chi connectivity index (χ1n) is 7.66. The van der Waals surface area contributed by atoms with E-state index in [0.29, 0.717) is 16.6 Å². The van der Waals surface area contributed by atoms with E-state index in [1.807, 2.05) is 6.08 Å². The molecule has 0 N–H and O–H groups in total. The molecular formula is C18H30O2Si. The molecule has 0 atom stereocenters. The molecule has 0 unspecified atom stereocenters. The molecule has 0 aliphatic carbocycles. The SMILES string of the molecule is C=C(C#C[Si](C(C)C)(C(C)C)C(C)C)/C=C/COC(C)=O. The van der Waals surface area contributed by atoms with Crippen LogP contribution in [-0.2, 0) is 9.53 Å². The van der Waals surface area contributed by atoms with E-state index in [9.17, 15) is 4.79 Å². The summed E-state index contributed by atoms with van der Waals surface area (Å²) in [6.07, 6.45) is 3.61. The normalized spacial score (nSPS) is 11.9. The van der Waals surface area contributed by atoms with Gasteiger partial charge in [0.15, 0.2) is 0 Å². The molecule has 118 valence electrons. The van der Waals surface area contributed by atoms with Gasteiger partial charge in [0.1, 0.15) is 14.7 Å². The molecule has 0 aliphatic rings. The van der Waals surface area contributed by atoms with Gasteiger partial charge < -0.3 is 4.74 Å². The average molecular weight is 307 g/mol. The van der Waals surface area contributed by atoms with E-state index in [2.05, 4.69) is 59.6 Å². The number of carbonyl (C=O) groups is 1. The maximum atomic E-state index is 10.7. The molecule has 0 spiro atoms. The summed E-state index contributed by atoms with van der Waals surface area (Å²) in [6.45, 7) is 19.4. The largest absolute Gasteiger partial charge is 0.462 e. The van der Waals surface area contributed by atoms with Gasteiger partial charge in [0.2, 0.25) is 0 Å². The van der Waals surface area contributed by atoms with Gasteiger partial charge in [-0.3, -0.25) is 4.79 Å². The molecule has 0 saturated carbocycles. The maximum Gasteiger partial charge on any atom is 0.302 e. The third kappa shape index (κ3) is 5.93. The predicted molar refractivity (Wildman–Crippen MR) is 93.7 cm³/mol. The van der Waals surface area contributed by atoms with Crippen LogP contribution in [0.1, 0.15) is 48.5 Å². The number of ether oxygens (including phenoxy) is 1. The summed E-state index contributed by atoms with van der Waals surface area (Å²) in [4.78, 5) is 10.7. The second-order valence-corrected chi connectivity index (χ2v) is 12.0. The average Bonchev–Trinajstić information content (AvgIpc) is 2.33. The van der Waals surface area contributed by atoms with Crippen LogP contribution in [0.4, 0.5) is 0 Å². The Morgan fingerprint density at radius 2 is 1.62 bits per heavy atom. The standard InChI is InChI=1S/C18H30O2Si/c1-14(2)21(15(3)4,16(5)6)13-11-17(7)10-9-12-20-18(8)19/h9-10,14-16H,7,12H2,1-6,8H3/b10-9+. The van der Waals surface area contributed by atoms with Gasteiger partial charge in [0, 0.05) is 12.5 Å². The molecule has 0 heterocycles. The van der Waals surface area contributed by atoms with Crippen molar-refractivity contribution in [3.05, 3.63) is 24.3 Å². The quantitative estimate of drug-likeness (QED) is 0.302. The second-order valence-electron chi connectivity index (χ2n) is 6.38. The first kappa shape index (κ1) is 19.7. The monoisotopic (exact) mass is 306 g/mol. The van der Waals surface area contributed by atoms with Crippen LogP contribution in [-0.4, -0.2) is 20.7 Å². The highest BCUT2D eigenvalue weighted by molar-refractivity contribution is 6.90. The summed E-state index contributed by atoms with van der Waals surface area (Å²) in [5.41, 5.74) is 6.23. The van der Waals surface area contributed by atoms with E-state index in [4.69, 9.17) is 4.74 Å². The maximum absolute atomic E-state index is 10.7. The molecule has 0 aromatic heterocycles. The molecule has 0 saturated heterocycles. The smallest absolute Gasteiger partial charge is 0.302 e. The van der Waals surface area contributed by atoms with E-state index >= 15 is 0 Å². The van der Waals surface area contributed by atoms with Crippen LogP contribution in [0.3, 0.4) is 0 Å². The number of hydrogen-bond acceptors (Lipinski definition) is 2. The Kier molecular flexibility index (Phi) is 8.35. The van der Waals surface area contributed by atoms with Gasteiger partial charge in [-0.15, -0.1) is 5.54 Å². The molecule has 0 amide bonds. The van der Waals surface area contributed by atoms with Crippen molar-refractivity contribution >= 4 is 14.0 Å². The minimum Gasteiger partial charge on any atom is -0.462 e. The van der Waals surface area contributed by atoms with Crippen LogP contribution in [0.5, 0.6) is 0 Å². The van der Waals surface area contributed by atoms with Crippen molar-refractivity contribution in [2.75, 3.05) is 6.61 Å². The topological polar surface area (TPSA) is 26.3 Å². The van der Waals surface area contributed by atoms with E-state index < -0.39 is 8.07 Å². The van der Waals surface area contributed by atoms with Crippen molar-refractivity contribution in [1.82, 2.24) is 0 Å². The molecule has 0 aromatic carbocycles. The van der Waals surface area contributed by atoms with Crippen molar-refractivity contribution in [2.24, 2.45) is 0 Å². The molecular weight excluding hydrogens is 276 g/mol.